The first kappa shape index (κ1) is 18.8. The average Bonchev–Trinajstić information content (AvgIpc) is 2.94. The second-order valence-electron chi connectivity index (χ2n) is 5.26. The van der Waals surface area contributed by atoms with Gasteiger partial charge in [-0.3, -0.25) is 19.8 Å². The molecule has 1 heterocycles. The third-order valence-corrected chi connectivity index (χ3v) is 3.38. The van der Waals surface area contributed by atoms with Crippen LogP contribution in [0.3, 0.4) is 0 Å². The molecule has 0 aromatic rings. The lowest BCUT2D eigenvalue weighted by Crippen LogP contribution is -2.51. The number of aliphatic hydroxyl groups excluding tert-OH is 1. The van der Waals surface area contributed by atoms with Crippen LogP contribution in [0.25, 0.3) is 0 Å². The number of nitrogens with two attached hydrogens (primary N) is 1. The molecule has 3 atom stereocenters. The number of β-amino-alcohol motifs (C(OH)–C–C–N with tert-alkyl or cyclic N) is 1. The highest BCUT2D eigenvalue weighted by molar-refractivity contribution is 5.90. The van der Waals surface area contributed by atoms with Crippen LogP contribution >= 0.6 is 0 Å². The van der Waals surface area contributed by atoms with E-state index >= 15 is 0 Å². The maximum absolute atomic E-state index is 12.1. The third-order valence-electron chi connectivity index (χ3n) is 3.38. The van der Waals surface area contributed by atoms with Crippen LogP contribution in [0.2, 0.25) is 0 Å². The summed E-state index contributed by atoms with van der Waals surface area (Å²) >= 11 is 0. The van der Waals surface area contributed by atoms with Gasteiger partial charge in [0.25, 0.3) is 0 Å². The van der Waals surface area contributed by atoms with E-state index < -0.39 is 24.1 Å². The zero-order valence-corrected chi connectivity index (χ0v) is 12.7. The second kappa shape index (κ2) is 9.74. The van der Waals surface area contributed by atoms with Crippen molar-refractivity contribution in [2.75, 3.05) is 19.6 Å². The lowest BCUT2D eigenvalue weighted by molar-refractivity contribution is -0.130. The Morgan fingerprint density at radius 3 is 2.74 bits per heavy atom. The lowest BCUT2D eigenvalue weighted by Gasteiger charge is -2.20. The summed E-state index contributed by atoms with van der Waals surface area (Å²) in [6.07, 6.45) is 2.06. The molecule has 0 bridgehead atoms. The van der Waals surface area contributed by atoms with E-state index in [1.54, 1.807) is 6.29 Å². The molecule has 1 saturated heterocycles. The van der Waals surface area contributed by atoms with Crippen LogP contribution in [0.1, 0.15) is 19.3 Å². The molecule has 8 N–H and O–H groups in total. The Bertz CT molecular complexity index is 444. The normalized spacial score (nSPS) is 21.3. The monoisotopic (exact) mass is 327 g/mol. The summed E-state index contributed by atoms with van der Waals surface area (Å²) in [5.41, 5.74) is 5.16. The molecular weight excluding hydrogens is 304 g/mol. The number of aliphatic hydroxyl groups is 1. The molecule has 0 aromatic carbocycles. The van der Waals surface area contributed by atoms with Crippen LogP contribution in [0.15, 0.2) is 0 Å². The van der Waals surface area contributed by atoms with E-state index in [0.717, 1.165) is 0 Å². The van der Waals surface area contributed by atoms with Gasteiger partial charge in [0, 0.05) is 13.1 Å². The smallest absolute Gasteiger partial charge is 0.242 e. The Balaban J connectivity index is 2.51. The van der Waals surface area contributed by atoms with E-state index in [9.17, 15) is 19.5 Å². The summed E-state index contributed by atoms with van der Waals surface area (Å²) in [5.74, 6) is -1.03. The number of rotatable bonds is 9. The minimum Gasteiger partial charge on any atom is -0.392 e. The molecule has 1 radical (unpaired) electrons. The number of amides is 2. The first-order valence-corrected chi connectivity index (χ1v) is 7.36. The van der Waals surface area contributed by atoms with E-state index in [-0.39, 0.29) is 24.8 Å². The molecule has 1 rings (SSSR count). The first-order valence-electron chi connectivity index (χ1n) is 7.36. The van der Waals surface area contributed by atoms with Crippen molar-refractivity contribution in [3.05, 3.63) is 0 Å². The highest BCUT2D eigenvalue weighted by Gasteiger charge is 2.30. The van der Waals surface area contributed by atoms with Gasteiger partial charge in [-0.2, -0.15) is 0 Å². The topological polar surface area (TPSA) is 169 Å². The summed E-state index contributed by atoms with van der Waals surface area (Å²) in [6, 6.07) is -1.36. The number of nitrogens with one attached hydrogen (secondary N) is 5. The fraction of sp³-hybridized carbons (Fsp3) is 0.692. The fourth-order valence-electron chi connectivity index (χ4n) is 2.23. The molecule has 1 unspecified atom stereocenters. The summed E-state index contributed by atoms with van der Waals surface area (Å²) in [7, 11) is 0. The van der Waals surface area contributed by atoms with Gasteiger partial charge < -0.3 is 32.1 Å². The molecule has 0 spiro atoms. The molecule has 1 aliphatic rings. The highest BCUT2D eigenvalue weighted by atomic mass is 16.3. The standard InChI is InChI=1S/C13H23N6O4/c14-13(15)17-3-1-2-9(11(22)16-4-5-20)19-12(23)10-6-8(21)7-18-10/h8-10,18,21H,1-4,6-7H2,(H,16,22)(H,19,23)(H4,14,15,17)/t8?,9-,10-/m0/s1. The van der Waals surface area contributed by atoms with Gasteiger partial charge in [-0.1, -0.05) is 0 Å². The average molecular weight is 327 g/mol. The maximum Gasteiger partial charge on any atom is 0.242 e. The van der Waals surface area contributed by atoms with Gasteiger partial charge >= 0.3 is 0 Å². The molecule has 0 aromatic heterocycles. The number of guanidine groups is 1. The Kier molecular flexibility index (Phi) is 7.98. The van der Waals surface area contributed by atoms with Gasteiger partial charge in [-0.05, 0) is 19.3 Å². The van der Waals surface area contributed by atoms with Crippen molar-refractivity contribution < 1.29 is 19.5 Å². The molecule has 0 aliphatic carbocycles. The Morgan fingerprint density at radius 2 is 2.17 bits per heavy atom. The van der Waals surface area contributed by atoms with Crippen LogP contribution in [0.5, 0.6) is 0 Å². The molecule has 0 saturated carbocycles. The molecule has 1 aliphatic heterocycles. The van der Waals surface area contributed by atoms with Gasteiger partial charge in [-0.25, -0.2) is 0 Å². The second-order valence-corrected chi connectivity index (χ2v) is 5.26. The van der Waals surface area contributed by atoms with Crippen molar-refractivity contribution in [2.24, 2.45) is 5.73 Å². The minimum atomic E-state index is -0.816. The molecule has 1 fully saturated rings. The fourth-order valence-corrected chi connectivity index (χ4v) is 2.23. The van der Waals surface area contributed by atoms with E-state index in [4.69, 9.17) is 11.1 Å². The van der Waals surface area contributed by atoms with E-state index in [1.807, 2.05) is 0 Å². The number of carbonyl (C=O) groups excluding carboxylic acids is 3. The van der Waals surface area contributed by atoms with Crippen LogP contribution in [0, 0.1) is 5.41 Å². The lowest BCUT2D eigenvalue weighted by atomic mass is 10.1. The quantitative estimate of drug-likeness (QED) is 0.132. The SMILES string of the molecule is N=C(N)NCCC[C@H](NC(=O)[C@@H]1CC(O)CN1)C(=O)NC[C]=O. The molecule has 2 amide bonds. The predicted molar refractivity (Wildman–Crippen MR) is 82.2 cm³/mol. The molecule has 10 nitrogen and oxygen atoms in total. The minimum absolute atomic E-state index is 0.172. The van der Waals surface area contributed by atoms with E-state index in [0.29, 0.717) is 25.9 Å². The van der Waals surface area contributed by atoms with Crippen LogP contribution in [0.4, 0.5) is 0 Å². The van der Waals surface area contributed by atoms with Crippen molar-refractivity contribution in [3.8, 4) is 0 Å². The Labute approximate surface area is 134 Å². The zero-order chi connectivity index (χ0) is 17.2. The Morgan fingerprint density at radius 1 is 1.43 bits per heavy atom. The molecular formula is C13H23N6O4. The van der Waals surface area contributed by atoms with Crippen LogP contribution in [-0.2, 0) is 14.4 Å². The number of carbonyl (C=O) groups is 2. The highest BCUT2D eigenvalue weighted by Crippen LogP contribution is 2.07. The van der Waals surface area contributed by atoms with Crippen molar-refractivity contribution in [3.63, 3.8) is 0 Å². The third kappa shape index (κ3) is 7.06. The van der Waals surface area contributed by atoms with Crippen LogP contribution < -0.4 is 27.0 Å². The van der Waals surface area contributed by atoms with E-state index in [2.05, 4.69) is 21.3 Å². The van der Waals surface area contributed by atoms with Crippen molar-refractivity contribution in [1.82, 2.24) is 21.3 Å². The first-order chi connectivity index (χ1) is 10.9. The summed E-state index contributed by atoms with van der Waals surface area (Å²) < 4.78 is 0. The van der Waals surface area contributed by atoms with Crippen molar-refractivity contribution in [1.29, 1.82) is 5.41 Å². The van der Waals surface area contributed by atoms with Crippen molar-refractivity contribution in [2.45, 2.75) is 37.5 Å². The van der Waals surface area contributed by atoms with E-state index in [1.165, 1.54) is 0 Å². The summed E-state index contributed by atoms with van der Waals surface area (Å²) in [4.78, 5) is 34.3. The Hall–Kier alpha value is -2.20. The molecule has 129 valence electrons. The summed E-state index contributed by atoms with van der Waals surface area (Å²) in [5, 5.41) is 26.9. The van der Waals surface area contributed by atoms with Crippen LogP contribution in [-0.4, -0.2) is 67.0 Å². The summed E-state index contributed by atoms with van der Waals surface area (Å²) in [6.45, 7) is 0.462. The predicted octanol–water partition coefficient (Wildman–Crippen LogP) is -3.32. The van der Waals surface area contributed by atoms with Gasteiger partial charge in [0.1, 0.15) is 6.04 Å². The van der Waals surface area contributed by atoms with Gasteiger partial charge in [-0.15, -0.1) is 0 Å². The van der Waals surface area contributed by atoms with Gasteiger partial charge in [0.15, 0.2) is 5.96 Å². The van der Waals surface area contributed by atoms with Gasteiger partial charge in [0.05, 0.1) is 18.7 Å². The number of hydrogen-bond donors (Lipinski definition) is 7. The van der Waals surface area contributed by atoms with Crippen molar-refractivity contribution >= 4 is 24.1 Å². The molecule has 10 heteroatoms. The van der Waals surface area contributed by atoms with Gasteiger partial charge in [0.2, 0.25) is 18.1 Å². The largest absolute Gasteiger partial charge is 0.392 e. The zero-order valence-electron chi connectivity index (χ0n) is 12.7. The number of hydrogen-bond acceptors (Lipinski definition) is 6. The molecule has 23 heavy (non-hydrogen) atoms. The maximum atomic E-state index is 12.1.